The van der Waals surface area contributed by atoms with Gasteiger partial charge < -0.3 is 0 Å². The number of anilines is 1. The Morgan fingerprint density at radius 3 is 2.40 bits per heavy atom. The third kappa shape index (κ3) is 2.86. The molecule has 1 N–H and O–H groups in total. The van der Waals surface area contributed by atoms with Crippen molar-refractivity contribution in [3.8, 4) is 0 Å². The summed E-state index contributed by atoms with van der Waals surface area (Å²) in [6.45, 7) is 2.07. The van der Waals surface area contributed by atoms with Gasteiger partial charge in [-0.2, -0.15) is 5.10 Å². The fourth-order valence-corrected chi connectivity index (χ4v) is 2.10. The maximum Gasteiger partial charge on any atom is 0.0561 e. The Balaban J connectivity index is 1.75. The molecule has 98 valence electrons. The predicted octanol–water partition coefficient (Wildman–Crippen LogP) is 4.59. The maximum atomic E-state index is 4.27. The lowest BCUT2D eigenvalue weighted by Crippen LogP contribution is -1.90. The average molecular weight is 260 g/mol. The van der Waals surface area contributed by atoms with Crippen LogP contribution in [0.25, 0.3) is 10.8 Å². The summed E-state index contributed by atoms with van der Waals surface area (Å²) in [7, 11) is 0. The predicted molar refractivity (Wildman–Crippen MR) is 86.3 cm³/mol. The molecule has 3 aromatic carbocycles. The van der Waals surface area contributed by atoms with E-state index in [0.29, 0.717) is 0 Å². The lowest BCUT2D eigenvalue weighted by molar-refractivity contribution is 1.34. The highest BCUT2D eigenvalue weighted by Crippen LogP contribution is 2.14. The molecule has 0 unspecified atom stereocenters. The number of nitrogens with one attached hydrogen (secondary N) is 1. The Kier molecular flexibility index (Phi) is 3.46. The minimum atomic E-state index is 0.993. The van der Waals surface area contributed by atoms with Gasteiger partial charge in [-0.1, -0.05) is 54.1 Å². The number of benzene rings is 3. The molecule has 20 heavy (non-hydrogen) atoms. The molecular formula is C18H16N2. The summed E-state index contributed by atoms with van der Waals surface area (Å²) in [6.07, 6.45) is 1.84. The highest BCUT2D eigenvalue weighted by atomic mass is 15.3. The molecule has 0 fully saturated rings. The number of fused-ring (bicyclic) bond motifs is 1. The monoisotopic (exact) mass is 260 g/mol. The maximum absolute atomic E-state index is 4.27. The second-order valence-corrected chi connectivity index (χ2v) is 4.84. The second-order valence-electron chi connectivity index (χ2n) is 4.84. The van der Waals surface area contributed by atoms with Gasteiger partial charge >= 0.3 is 0 Å². The van der Waals surface area contributed by atoms with Gasteiger partial charge in [0.1, 0.15) is 0 Å². The standard InChI is InChI=1S/C18H16N2/c1-14-6-10-18(11-7-14)20-19-13-15-8-9-16-4-2-3-5-17(16)12-15/h2-13,20H,1H3/b19-13-. The normalized spacial score (nSPS) is 11.1. The molecule has 0 spiro atoms. The summed E-state index contributed by atoms with van der Waals surface area (Å²) >= 11 is 0. The third-order valence-corrected chi connectivity index (χ3v) is 3.23. The molecule has 0 atom stereocenters. The zero-order valence-electron chi connectivity index (χ0n) is 11.4. The van der Waals surface area contributed by atoms with E-state index in [2.05, 4.69) is 66.0 Å². The molecule has 3 aromatic rings. The molecule has 0 aliphatic heterocycles. The van der Waals surface area contributed by atoms with Crippen molar-refractivity contribution >= 4 is 22.7 Å². The van der Waals surface area contributed by atoms with Gasteiger partial charge in [-0.05, 0) is 41.5 Å². The summed E-state index contributed by atoms with van der Waals surface area (Å²) in [5.74, 6) is 0. The van der Waals surface area contributed by atoms with Crippen LogP contribution < -0.4 is 5.43 Å². The van der Waals surface area contributed by atoms with Crippen LogP contribution in [0.15, 0.2) is 71.8 Å². The van der Waals surface area contributed by atoms with E-state index in [4.69, 9.17) is 0 Å². The van der Waals surface area contributed by atoms with Gasteiger partial charge in [0, 0.05) is 0 Å². The van der Waals surface area contributed by atoms with Gasteiger partial charge in [-0.3, -0.25) is 5.43 Å². The minimum Gasteiger partial charge on any atom is -0.279 e. The number of rotatable bonds is 3. The summed E-state index contributed by atoms with van der Waals surface area (Å²) < 4.78 is 0. The van der Waals surface area contributed by atoms with E-state index in [1.807, 2.05) is 24.4 Å². The number of aryl methyl sites for hydroxylation is 1. The van der Waals surface area contributed by atoms with Crippen molar-refractivity contribution < 1.29 is 0 Å². The van der Waals surface area contributed by atoms with E-state index < -0.39 is 0 Å². The van der Waals surface area contributed by atoms with Crippen LogP contribution in [0, 0.1) is 6.92 Å². The SMILES string of the molecule is Cc1ccc(N/N=C\c2ccc3ccccc3c2)cc1. The Morgan fingerprint density at radius 2 is 1.60 bits per heavy atom. The number of hydrazone groups is 1. The van der Waals surface area contributed by atoms with Crippen molar-refractivity contribution in [1.29, 1.82) is 0 Å². The van der Waals surface area contributed by atoms with E-state index in [1.165, 1.54) is 16.3 Å². The topological polar surface area (TPSA) is 24.4 Å². The zero-order chi connectivity index (χ0) is 13.8. The fourth-order valence-electron chi connectivity index (χ4n) is 2.10. The fraction of sp³-hybridized carbons (Fsp3) is 0.0556. The molecule has 0 radical (unpaired) electrons. The molecule has 0 heterocycles. The highest BCUT2D eigenvalue weighted by Gasteiger charge is 1.93. The Labute approximate surface area is 118 Å². The van der Waals surface area contributed by atoms with Gasteiger partial charge in [0.25, 0.3) is 0 Å². The lowest BCUT2D eigenvalue weighted by atomic mass is 10.1. The molecule has 0 saturated carbocycles. The Bertz CT molecular complexity index is 743. The van der Waals surface area contributed by atoms with Crippen LogP contribution in [0.1, 0.15) is 11.1 Å². The van der Waals surface area contributed by atoms with Gasteiger partial charge in [-0.15, -0.1) is 0 Å². The molecule has 0 amide bonds. The van der Waals surface area contributed by atoms with Gasteiger partial charge in [0.05, 0.1) is 11.9 Å². The van der Waals surface area contributed by atoms with Crippen LogP contribution in [0.3, 0.4) is 0 Å². The van der Waals surface area contributed by atoms with Gasteiger partial charge in [0.2, 0.25) is 0 Å². The average Bonchev–Trinajstić information content (AvgIpc) is 2.49. The molecule has 0 saturated heterocycles. The van der Waals surface area contributed by atoms with E-state index in [0.717, 1.165) is 11.3 Å². The number of hydrogen-bond acceptors (Lipinski definition) is 2. The van der Waals surface area contributed by atoms with Crippen LogP contribution in [0.2, 0.25) is 0 Å². The van der Waals surface area contributed by atoms with Gasteiger partial charge in [0.15, 0.2) is 0 Å². The molecule has 3 rings (SSSR count). The first-order chi connectivity index (χ1) is 9.81. The van der Waals surface area contributed by atoms with Crippen LogP contribution in [0.4, 0.5) is 5.69 Å². The Morgan fingerprint density at radius 1 is 0.850 bits per heavy atom. The number of nitrogens with zero attached hydrogens (tertiary/aromatic N) is 1. The summed E-state index contributed by atoms with van der Waals surface area (Å²) in [5, 5.41) is 6.75. The Hall–Kier alpha value is -2.61. The van der Waals surface area contributed by atoms with Crippen molar-refractivity contribution in [3.63, 3.8) is 0 Å². The first-order valence-corrected chi connectivity index (χ1v) is 6.66. The van der Waals surface area contributed by atoms with Crippen LogP contribution in [-0.2, 0) is 0 Å². The molecule has 2 heteroatoms. The first kappa shape index (κ1) is 12.4. The largest absolute Gasteiger partial charge is 0.279 e. The molecular weight excluding hydrogens is 244 g/mol. The molecule has 0 bridgehead atoms. The molecule has 0 aromatic heterocycles. The van der Waals surface area contributed by atoms with E-state index >= 15 is 0 Å². The summed E-state index contributed by atoms with van der Waals surface area (Å²) in [6, 6.07) is 22.8. The van der Waals surface area contributed by atoms with E-state index in [-0.39, 0.29) is 0 Å². The summed E-state index contributed by atoms with van der Waals surface area (Å²) in [4.78, 5) is 0. The first-order valence-electron chi connectivity index (χ1n) is 6.66. The zero-order valence-corrected chi connectivity index (χ0v) is 11.4. The van der Waals surface area contributed by atoms with Crippen molar-refractivity contribution in [2.45, 2.75) is 6.92 Å². The second kappa shape index (κ2) is 5.57. The van der Waals surface area contributed by atoms with Crippen molar-refractivity contribution in [3.05, 3.63) is 77.9 Å². The minimum absolute atomic E-state index is 0.993. The third-order valence-electron chi connectivity index (χ3n) is 3.23. The lowest BCUT2D eigenvalue weighted by Gasteiger charge is -2.01. The van der Waals surface area contributed by atoms with Crippen LogP contribution in [0.5, 0.6) is 0 Å². The highest BCUT2D eigenvalue weighted by molar-refractivity contribution is 5.90. The van der Waals surface area contributed by atoms with Crippen molar-refractivity contribution in [2.24, 2.45) is 5.10 Å². The van der Waals surface area contributed by atoms with Crippen molar-refractivity contribution in [2.75, 3.05) is 5.43 Å². The molecule has 0 aliphatic carbocycles. The number of hydrogen-bond donors (Lipinski definition) is 1. The van der Waals surface area contributed by atoms with E-state index in [9.17, 15) is 0 Å². The van der Waals surface area contributed by atoms with Crippen LogP contribution >= 0.6 is 0 Å². The summed E-state index contributed by atoms with van der Waals surface area (Å²) in [5.41, 5.74) is 6.36. The van der Waals surface area contributed by atoms with Gasteiger partial charge in [-0.25, -0.2) is 0 Å². The van der Waals surface area contributed by atoms with Crippen LogP contribution in [-0.4, -0.2) is 6.21 Å². The van der Waals surface area contributed by atoms with E-state index in [1.54, 1.807) is 0 Å². The molecule has 2 nitrogen and oxygen atoms in total. The van der Waals surface area contributed by atoms with Crippen molar-refractivity contribution in [1.82, 2.24) is 0 Å². The smallest absolute Gasteiger partial charge is 0.0561 e. The quantitative estimate of drug-likeness (QED) is 0.540. The molecule has 0 aliphatic rings.